The van der Waals surface area contributed by atoms with Crippen LogP contribution >= 0.6 is 0 Å². The van der Waals surface area contributed by atoms with Crippen LogP contribution in [-0.2, 0) is 4.65 Å². The van der Waals surface area contributed by atoms with E-state index in [9.17, 15) is 10.1 Å². The van der Waals surface area contributed by atoms with Crippen molar-refractivity contribution < 1.29 is 19.5 Å². The summed E-state index contributed by atoms with van der Waals surface area (Å²) in [6.07, 6.45) is 0. The van der Waals surface area contributed by atoms with Crippen molar-refractivity contribution in [2.24, 2.45) is 0 Å². The lowest BCUT2D eigenvalue weighted by molar-refractivity contribution is -0.0982. The number of hydrogen-bond donors (Lipinski definition) is 2. The summed E-state index contributed by atoms with van der Waals surface area (Å²) < 4.78 is 10.6. The molecule has 0 radical (unpaired) electrons. The number of nitriles is 1. The van der Waals surface area contributed by atoms with Gasteiger partial charge in [0.2, 0.25) is 0 Å². The Morgan fingerprint density at radius 2 is 1.75 bits per heavy atom. The molecule has 0 heterocycles. The maximum absolute atomic E-state index is 10.1. The van der Waals surface area contributed by atoms with Crippen molar-refractivity contribution in [2.45, 2.75) is 38.9 Å². The van der Waals surface area contributed by atoms with Gasteiger partial charge in [0.25, 0.3) is 0 Å². The van der Waals surface area contributed by atoms with E-state index in [1.54, 1.807) is 52.0 Å². The van der Waals surface area contributed by atoms with Crippen molar-refractivity contribution in [3.63, 3.8) is 0 Å². The van der Waals surface area contributed by atoms with Gasteiger partial charge in [-0.1, -0.05) is 12.1 Å². The van der Waals surface area contributed by atoms with Crippen molar-refractivity contribution in [3.8, 4) is 11.8 Å². The van der Waals surface area contributed by atoms with Crippen LogP contribution in [0.3, 0.4) is 0 Å². The molecule has 0 aliphatic rings. The molecule has 1 rings (SSSR count). The third-order valence-corrected chi connectivity index (χ3v) is 3.35. The Hall–Kier alpha value is -1.55. The molecular formula is C14H20BNO4. The molecule has 0 fully saturated rings. The summed E-state index contributed by atoms with van der Waals surface area (Å²) in [5.74, 6) is 0.546. The van der Waals surface area contributed by atoms with E-state index < -0.39 is 18.3 Å². The smallest absolute Gasteiger partial charge is 0.479 e. The average molecular weight is 277 g/mol. The summed E-state index contributed by atoms with van der Waals surface area (Å²) >= 11 is 0. The number of aliphatic hydroxyl groups is 1. The van der Waals surface area contributed by atoms with Gasteiger partial charge in [0, 0.05) is 0 Å². The van der Waals surface area contributed by atoms with Crippen molar-refractivity contribution >= 4 is 12.6 Å². The summed E-state index contributed by atoms with van der Waals surface area (Å²) in [5, 5.41) is 28.5. The summed E-state index contributed by atoms with van der Waals surface area (Å²) in [7, 11) is -1.15. The molecule has 0 aliphatic carbocycles. The topological polar surface area (TPSA) is 82.7 Å². The Kier molecular flexibility index (Phi) is 5.18. The Morgan fingerprint density at radius 3 is 2.20 bits per heavy atom. The lowest BCUT2D eigenvalue weighted by Crippen LogP contribution is -2.53. The van der Waals surface area contributed by atoms with E-state index in [1.165, 1.54) is 0 Å². The fraction of sp³-hybridized carbons (Fsp3) is 0.500. The van der Waals surface area contributed by atoms with Crippen LogP contribution in [0.25, 0.3) is 0 Å². The zero-order valence-electron chi connectivity index (χ0n) is 12.3. The highest BCUT2D eigenvalue weighted by Crippen LogP contribution is 2.25. The second-order valence-corrected chi connectivity index (χ2v) is 5.56. The third kappa shape index (κ3) is 4.24. The van der Waals surface area contributed by atoms with Gasteiger partial charge in [0.05, 0.1) is 11.2 Å². The molecule has 20 heavy (non-hydrogen) atoms. The lowest BCUT2D eigenvalue weighted by atomic mass is 9.76. The number of hydrogen-bond acceptors (Lipinski definition) is 5. The van der Waals surface area contributed by atoms with Crippen LogP contribution in [0.1, 0.15) is 27.7 Å². The molecule has 0 saturated carbocycles. The molecule has 0 saturated heterocycles. The minimum atomic E-state index is -1.15. The first-order chi connectivity index (χ1) is 9.17. The van der Waals surface area contributed by atoms with Crippen LogP contribution in [0, 0.1) is 11.3 Å². The first kappa shape index (κ1) is 16.5. The Bertz CT molecular complexity index is 473. The summed E-state index contributed by atoms with van der Waals surface area (Å²) in [6.45, 7) is 6.64. The molecule has 108 valence electrons. The van der Waals surface area contributed by atoms with Crippen molar-refractivity contribution in [2.75, 3.05) is 6.61 Å². The zero-order chi connectivity index (χ0) is 15.4. The van der Waals surface area contributed by atoms with Gasteiger partial charge in [-0.15, -0.1) is 0 Å². The minimum absolute atomic E-state index is 0.0237. The largest absolute Gasteiger partial charge is 0.491 e. The van der Waals surface area contributed by atoms with Gasteiger partial charge >= 0.3 is 7.12 Å². The monoisotopic (exact) mass is 277 g/mol. The third-order valence-electron chi connectivity index (χ3n) is 3.35. The summed E-state index contributed by atoms with van der Waals surface area (Å²) in [5.41, 5.74) is -1.46. The highest BCUT2D eigenvalue weighted by atomic mass is 16.5. The molecule has 1 aromatic rings. The van der Waals surface area contributed by atoms with Gasteiger partial charge in [-0.25, -0.2) is 0 Å². The van der Waals surface area contributed by atoms with E-state index in [2.05, 4.69) is 0 Å². The summed E-state index contributed by atoms with van der Waals surface area (Å²) in [4.78, 5) is 0. The maximum Gasteiger partial charge on any atom is 0.491 e. The normalized spacial score (nSPS) is 11.8. The van der Waals surface area contributed by atoms with Gasteiger partial charge in [-0.2, -0.15) is 5.26 Å². The number of ether oxygens (including phenoxy) is 1. The maximum atomic E-state index is 10.1. The fourth-order valence-electron chi connectivity index (χ4n) is 1.34. The first-order valence-corrected chi connectivity index (χ1v) is 6.35. The Morgan fingerprint density at radius 1 is 1.20 bits per heavy atom. The second-order valence-electron chi connectivity index (χ2n) is 5.56. The van der Waals surface area contributed by atoms with Crippen LogP contribution in [0.4, 0.5) is 0 Å². The van der Waals surface area contributed by atoms with Crippen molar-refractivity contribution in [1.82, 2.24) is 0 Å². The van der Waals surface area contributed by atoms with Gasteiger partial charge in [0.1, 0.15) is 11.8 Å². The van der Waals surface area contributed by atoms with E-state index in [1.807, 2.05) is 6.07 Å². The standard InChI is InChI=1S/C14H20BNO4/c1-13(2,17)14(3,4)20-15(18)11-5-7-12(8-6-11)19-10-9-16/h5-8,17-18H,10H2,1-4H3. The van der Waals surface area contributed by atoms with Crippen LogP contribution in [-0.4, -0.2) is 35.1 Å². The fourth-order valence-corrected chi connectivity index (χ4v) is 1.34. The molecule has 0 bridgehead atoms. The predicted molar refractivity (Wildman–Crippen MR) is 76.6 cm³/mol. The number of benzene rings is 1. The van der Waals surface area contributed by atoms with Crippen LogP contribution < -0.4 is 10.2 Å². The van der Waals surface area contributed by atoms with Crippen LogP contribution in [0.2, 0.25) is 0 Å². The van der Waals surface area contributed by atoms with Crippen LogP contribution in [0.15, 0.2) is 24.3 Å². The molecule has 0 atom stereocenters. The molecule has 1 aromatic carbocycles. The zero-order valence-corrected chi connectivity index (χ0v) is 12.3. The quantitative estimate of drug-likeness (QED) is 0.753. The Labute approximate surface area is 119 Å². The first-order valence-electron chi connectivity index (χ1n) is 6.35. The highest BCUT2D eigenvalue weighted by molar-refractivity contribution is 6.60. The average Bonchev–Trinajstić information content (AvgIpc) is 2.35. The van der Waals surface area contributed by atoms with E-state index >= 15 is 0 Å². The minimum Gasteiger partial charge on any atom is -0.479 e. The molecule has 5 nitrogen and oxygen atoms in total. The molecule has 2 N–H and O–H groups in total. The summed E-state index contributed by atoms with van der Waals surface area (Å²) in [6, 6.07) is 8.48. The number of rotatable bonds is 6. The molecule has 0 aromatic heterocycles. The van der Waals surface area contributed by atoms with Gasteiger partial charge in [0.15, 0.2) is 6.61 Å². The highest BCUT2D eigenvalue weighted by Gasteiger charge is 2.39. The van der Waals surface area contributed by atoms with Crippen molar-refractivity contribution in [3.05, 3.63) is 24.3 Å². The van der Waals surface area contributed by atoms with Crippen molar-refractivity contribution in [1.29, 1.82) is 5.26 Å². The molecule has 0 unspecified atom stereocenters. The second kappa shape index (κ2) is 6.27. The van der Waals surface area contributed by atoms with E-state index in [-0.39, 0.29) is 6.61 Å². The van der Waals surface area contributed by atoms with E-state index in [4.69, 9.17) is 14.7 Å². The van der Waals surface area contributed by atoms with Gasteiger partial charge in [-0.3, -0.25) is 0 Å². The van der Waals surface area contributed by atoms with E-state index in [0.717, 1.165) is 0 Å². The SMILES string of the molecule is CC(C)(O)C(C)(C)OB(O)c1ccc(OCC#N)cc1. The molecule has 6 heteroatoms. The molecule has 0 amide bonds. The van der Waals surface area contributed by atoms with Gasteiger partial charge < -0.3 is 19.5 Å². The lowest BCUT2D eigenvalue weighted by Gasteiger charge is -2.38. The van der Waals surface area contributed by atoms with Gasteiger partial charge in [-0.05, 0) is 45.3 Å². The molecular weight excluding hydrogens is 257 g/mol. The van der Waals surface area contributed by atoms with Crippen LogP contribution in [0.5, 0.6) is 5.75 Å². The molecule has 0 spiro atoms. The predicted octanol–water partition coefficient (Wildman–Crippen LogP) is 0.843. The molecule has 0 aliphatic heterocycles. The Balaban J connectivity index is 2.74. The number of nitrogens with zero attached hydrogens (tertiary/aromatic N) is 1. The van der Waals surface area contributed by atoms with E-state index in [0.29, 0.717) is 11.2 Å².